The van der Waals surface area contributed by atoms with Crippen molar-refractivity contribution in [1.29, 1.82) is 0 Å². The molecule has 4 atom stereocenters. The molecule has 3 heterocycles. The summed E-state index contributed by atoms with van der Waals surface area (Å²) >= 11 is 2.08. The molecule has 2 aromatic rings. The summed E-state index contributed by atoms with van der Waals surface area (Å²) < 4.78 is 17.9. The molecule has 2 aliphatic heterocycles. The number of imide groups is 1. The van der Waals surface area contributed by atoms with Gasteiger partial charge < -0.3 is 24.3 Å². The van der Waals surface area contributed by atoms with Gasteiger partial charge in [0.05, 0.1) is 40.9 Å². The van der Waals surface area contributed by atoms with E-state index in [1.807, 2.05) is 30.3 Å². The number of ether oxygens (including phenoxy) is 2. The van der Waals surface area contributed by atoms with Crippen molar-refractivity contribution in [3.05, 3.63) is 62.5 Å². The van der Waals surface area contributed by atoms with E-state index in [-0.39, 0.29) is 35.8 Å². The van der Waals surface area contributed by atoms with Crippen molar-refractivity contribution in [1.82, 2.24) is 9.88 Å². The van der Waals surface area contributed by atoms with Crippen LogP contribution in [0.3, 0.4) is 0 Å². The zero-order valence-corrected chi connectivity index (χ0v) is 27.9. The summed E-state index contributed by atoms with van der Waals surface area (Å²) in [7, 11) is 2.13. The molecule has 0 bridgehead atoms. The second-order valence-electron chi connectivity index (χ2n) is 12.6. The van der Waals surface area contributed by atoms with Crippen LogP contribution in [0, 0.1) is 21.3 Å². The molecule has 1 aromatic carbocycles. The van der Waals surface area contributed by atoms with Crippen LogP contribution in [-0.4, -0.2) is 71.9 Å². The summed E-state index contributed by atoms with van der Waals surface area (Å²) in [5.74, 6) is -0.818. The Bertz CT molecular complexity index is 1490. The highest BCUT2D eigenvalue weighted by Crippen LogP contribution is 2.51. The quantitative estimate of drug-likeness (QED) is 0.151. The highest BCUT2D eigenvalue weighted by molar-refractivity contribution is 14.1. The standard InChI is InChI=1S/C34H40BIN2O7/c1-43-19-22-17-24-31(34(41)38(33(24)40)23-8-4-3-5-9-23)25-18-35(42)45-28(30(22)25)12-11-21(27-10-6-7-13-37-27)14-20-15-26(36)32(39)29(16-20)44-2/h6-7,10,13-16,23-25,28,31,39,42H,3-5,8-9,11-12,17-19H2,1-2H3/b21-14-/t24-,25+,28-,31-/m1/s1. The van der Waals surface area contributed by atoms with E-state index < -0.39 is 25.1 Å². The second kappa shape index (κ2) is 13.9. The number of hydrogen-bond acceptors (Lipinski definition) is 8. The maximum Gasteiger partial charge on any atom is 0.455 e. The maximum atomic E-state index is 14.0. The molecule has 1 saturated carbocycles. The first-order chi connectivity index (χ1) is 21.8. The van der Waals surface area contributed by atoms with Crippen LogP contribution >= 0.6 is 22.6 Å². The van der Waals surface area contributed by atoms with Crippen molar-refractivity contribution in [2.75, 3.05) is 20.8 Å². The van der Waals surface area contributed by atoms with Gasteiger partial charge in [0.2, 0.25) is 11.8 Å². The van der Waals surface area contributed by atoms with E-state index >= 15 is 0 Å². The van der Waals surface area contributed by atoms with E-state index in [0.29, 0.717) is 35.2 Å². The number of allylic oxidation sites excluding steroid dienone is 1. The van der Waals surface area contributed by atoms with Crippen LogP contribution in [0.1, 0.15) is 62.6 Å². The van der Waals surface area contributed by atoms with Gasteiger partial charge >= 0.3 is 7.12 Å². The Morgan fingerprint density at radius 3 is 2.67 bits per heavy atom. The predicted molar refractivity (Wildman–Crippen MR) is 179 cm³/mol. The molecule has 0 radical (unpaired) electrons. The van der Waals surface area contributed by atoms with Gasteiger partial charge in [0.1, 0.15) is 0 Å². The van der Waals surface area contributed by atoms with Crippen LogP contribution < -0.4 is 4.74 Å². The number of aromatic hydroxyl groups is 1. The summed E-state index contributed by atoms with van der Waals surface area (Å²) in [4.78, 5) is 34.0. The Morgan fingerprint density at radius 2 is 1.96 bits per heavy atom. The Kier molecular flexibility index (Phi) is 9.98. The number of amides is 2. The van der Waals surface area contributed by atoms with Gasteiger partial charge in [-0.1, -0.05) is 25.3 Å². The smallest absolute Gasteiger partial charge is 0.455 e. The molecule has 238 valence electrons. The number of methoxy groups -OCH3 is 2. The average Bonchev–Trinajstić information content (AvgIpc) is 3.30. The van der Waals surface area contributed by atoms with E-state index in [0.717, 1.165) is 60.1 Å². The van der Waals surface area contributed by atoms with Gasteiger partial charge in [-0.25, -0.2) is 0 Å². The normalized spacial score (nSPS) is 25.9. The number of carbonyl (C=O) groups excluding carboxylic acids is 2. The number of halogens is 1. The van der Waals surface area contributed by atoms with Crippen molar-refractivity contribution in [3.8, 4) is 11.5 Å². The fourth-order valence-electron chi connectivity index (χ4n) is 7.94. The van der Waals surface area contributed by atoms with Gasteiger partial charge in [-0.2, -0.15) is 0 Å². The van der Waals surface area contributed by atoms with E-state index in [1.54, 1.807) is 24.3 Å². The molecule has 11 heteroatoms. The van der Waals surface area contributed by atoms with E-state index in [2.05, 4.69) is 27.6 Å². The van der Waals surface area contributed by atoms with E-state index in [1.165, 1.54) is 7.11 Å². The molecule has 0 spiro atoms. The Morgan fingerprint density at radius 1 is 1.16 bits per heavy atom. The first kappa shape index (κ1) is 32.2. The second-order valence-corrected chi connectivity index (χ2v) is 13.7. The fourth-order valence-corrected chi connectivity index (χ4v) is 8.57. The van der Waals surface area contributed by atoms with E-state index in [9.17, 15) is 19.7 Å². The third-order valence-electron chi connectivity index (χ3n) is 9.88. The fraction of sp³-hybridized carbons (Fsp3) is 0.500. The number of phenolic OH excluding ortho intramolecular Hbond substituents is 1. The van der Waals surface area contributed by atoms with Crippen molar-refractivity contribution in [3.63, 3.8) is 0 Å². The lowest BCUT2D eigenvalue weighted by Crippen LogP contribution is -2.47. The van der Waals surface area contributed by atoms with Gasteiger partial charge in [-0.3, -0.25) is 19.5 Å². The monoisotopic (exact) mass is 726 g/mol. The predicted octanol–water partition coefficient (Wildman–Crippen LogP) is 5.50. The first-order valence-electron chi connectivity index (χ1n) is 15.9. The van der Waals surface area contributed by atoms with Crippen molar-refractivity contribution >= 4 is 53.2 Å². The molecule has 2 aliphatic carbocycles. The molecule has 0 unspecified atom stereocenters. The third-order valence-corrected chi connectivity index (χ3v) is 10.7. The molecule has 6 rings (SSSR count). The molecule has 45 heavy (non-hydrogen) atoms. The molecule has 3 fully saturated rings. The Hall–Kier alpha value is -2.74. The topological polar surface area (TPSA) is 118 Å². The number of fused-ring (bicyclic) bond motifs is 3. The van der Waals surface area contributed by atoms with Crippen molar-refractivity contribution in [2.24, 2.45) is 17.8 Å². The summed E-state index contributed by atoms with van der Waals surface area (Å²) in [5, 5.41) is 21.4. The Balaban J connectivity index is 1.32. The molecule has 9 nitrogen and oxygen atoms in total. The minimum Gasteiger partial charge on any atom is -0.504 e. The molecular weight excluding hydrogens is 686 g/mol. The highest BCUT2D eigenvalue weighted by Gasteiger charge is 2.58. The minimum absolute atomic E-state index is 0.0214. The largest absolute Gasteiger partial charge is 0.504 e. The third kappa shape index (κ3) is 6.46. The summed E-state index contributed by atoms with van der Waals surface area (Å²) in [5.41, 5.74) is 4.64. The van der Waals surface area contributed by atoms with Gasteiger partial charge in [0.25, 0.3) is 0 Å². The lowest BCUT2D eigenvalue weighted by molar-refractivity contribution is -0.143. The molecular formula is C34H40BIN2O7. The molecule has 2 saturated heterocycles. The molecule has 1 aromatic heterocycles. The van der Waals surface area contributed by atoms with Crippen LogP contribution in [-0.2, 0) is 19.0 Å². The summed E-state index contributed by atoms with van der Waals surface area (Å²) in [6.45, 7) is 0.352. The van der Waals surface area contributed by atoms with Crippen LogP contribution in [0.15, 0.2) is 47.7 Å². The lowest BCUT2D eigenvalue weighted by Gasteiger charge is -2.43. The van der Waals surface area contributed by atoms with Gasteiger partial charge in [0.15, 0.2) is 11.5 Å². The van der Waals surface area contributed by atoms with Crippen LogP contribution in [0.5, 0.6) is 11.5 Å². The number of hydrogen-bond donors (Lipinski definition) is 2. The number of aromatic nitrogens is 1. The number of likely N-dealkylation sites (tertiary alicyclic amines) is 1. The highest BCUT2D eigenvalue weighted by atomic mass is 127. The van der Waals surface area contributed by atoms with Crippen LogP contribution in [0.25, 0.3) is 11.6 Å². The minimum atomic E-state index is -1.04. The first-order valence-corrected chi connectivity index (χ1v) is 17.0. The van der Waals surface area contributed by atoms with Crippen molar-refractivity contribution in [2.45, 2.75) is 69.8 Å². The van der Waals surface area contributed by atoms with Gasteiger partial charge in [-0.15, -0.1) is 0 Å². The van der Waals surface area contributed by atoms with Gasteiger partial charge in [0, 0.05) is 19.3 Å². The maximum absolute atomic E-state index is 14.0. The number of nitrogens with zero attached hydrogens (tertiary/aromatic N) is 2. The van der Waals surface area contributed by atoms with E-state index in [4.69, 9.17) is 14.1 Å². The van der Waals surface area contributed by atoms with Crippen LogP contribution in [0.2, 0.25) is 6.32 Å². The molecule has 2 amide bonds. The summed E-state index contributed by atoms with van der Waals surface area (Å²) in [6, 6.07) is 9.42. The van der Waals surface area contributed by atoms with Gasteiger partial charge in [-0.05, 0) is 120 Å². The zero-order valence-electron chi connectivity index (χ0n) is 25.8. The molecule has 2 N–H and O–H groups in total. The Labute approximate surface area is 278 Å². The number of carbonyl (C=O) groups is 2. The SMILES string of the molecule is COCC1=C2[C@@H](CC/C(=C/c3cc(I)c(O)c(OC)c3)c3ccccn3)OB(O)C[C@@H]2[C@@H]2C(=O)N(C3CCCCC3)C(=O)[C@@H]2C1. The number of phenols is 1. The molecule has 4 aliphatic rings. The van der Waals surface area contributed by atoms with Crippen LogP contribution in [0.4, 0.5) is 0 Å². The average molecular weight is 726 g/mol. The summed E-state index contributed by atoms with van der Waals surface area (Å²) in [6.07, 6.45) is 10.2. The number of rotatable bonds is 9. The number of benzene rings is 1. The lowest BCUT2D eigenvalue weighted by atomic mass is 9.58. The van der Waals surface area contributed by atoms with Crippen molar-refractivity contribution < 1.29 is 33.8 Å². The zero-order chi connectivity index (χ0) is 31.7. The number of pyridine rings is 1.